The molecule has 2 rings (SSSR count). The van der Waals surface area contributed by atoms with Gasteiger partial charge in [0, 0.05) is 25.9 Å². The van der Waals surface area contributed by atoms with E-state index in [1.165, 1.54) is 12.1 Å². The molecule has 1 aliphatic rings. The Kier molecular flexibility index (Phi) is 6.78. The Labute approximate surface area is 140 Å². The summed E-state index contributed by atoms with van der Waals surface area (Å²) in [6.45, 7) is 0.341. The van der Waals surface area contributed by atoms with Crippen LogP contribution in [0.3, 0.4) is 0 Å². The maximum atomic E-state index is 12.2. The molecule has 1 N–H and O–H groups in total. The molecule has 0 spiro atoms. The Balaban J connectivity index is 1.79. The minimum absolute atomic E-state index is 0.0745. The molecule has 1 fully saturated rings. The van der Waals surface area contributed by atoms with E-state index in [-0.39, 0.29) is 11.8 Å². The second kappa shape index (κ2) is 8.82. The highest BCUT2D eigenvalue weighted by Crippen LogP contribution is 2.23. The molecule has 1 heterocycles. The highest BCUT2D eigenvalue weighted by Gasteiger charge is 2.16. The van der Waals surface area contributed by atoms with Crippen molar-refractivity contribution in [3.63, 3.8) is 0 Å². The summed E-state index contributed by atoms with van der Waals surface area (Å²) < 4.78 is 34.3. The molecule has 1 aromatic rings. The zero-order chi connectivity index (χ0) is 17.5. The highest BCUT2D eigenvalue weighted by atomic mass is 19.3. The number of rotatable bonds is 7. The molecule has 0 radical (unpaired) electrons. The lowest BCUT2D eigenvalue weighted by atomic mass is 10.1. The Morgan fingerprint density at radius 2 is 2.29 bits per heavy atom. The molecule has 1 aliphatic heterocycles. The van der Waals surface area contributed by atoms with Crippen LogP contribution in [0.25, 0.3) is 0 Å². The number of nitrogens with one attached hydrogen (secondary N) is 1. The van der Waals surface area contributed by atoms with Gasteiger partial charge in [-0.25, -0.2) is 4.79 Å². The van der Waals surface area contributed by atoms with Crippen molar-refractivity contribution in [1.29, 1.82) is 0 Å². The predicted octanol–water partition coefficient (Wildman–Crippen LogP) is 4.02. The zero-order valence-corrected chi connectivity index (χ0v) is 14.1. The molecule has 7 heteroatoms. The molecule has 1 atom stereocenters. The SMILES string of the molecule is Cc1cc(OC(F)F)ccc1NC(=O)N(C)CCCC1CCCO1. The molecule has 134 valence electrons. The van der Waals surface area contributed by atoms with Crippen LogP contribution in [0.1, 0.15) is 31.2 Å². The fourth-order valence-corrected chi connectivity index (χ4v) is 2.69. The summed E-state index contributed by atoms with van der Waals surface area (Å²) in [6.07, 6.45) is 4.38. The number of ether oxygens (including phenoxy) is 2. The lowest BCUT2D eigenvalue weighted by molar-refractivity contribution is -0.0498. The van der Waals surface area contributed by atoms with Gasteiger partial charge < -0.3 is 19.7 Å². The normalized spacial score (nSPS) is 17.1. The van der Waals surface area contributed by atoms with Crippen LogP contribution in [0, 0.1) is 6.92 Å². The molecule has 1 unspecified atom stereocenters. The van der Waals surface area contributed by atoms with Gasteiger partial charge in [0.25, 0.3) is 0 Å². The van der Waals surface area contributed by atoms with Crippen LogP contribution >= 0.6 is 0 Å². The van der Waals surface area contributed by atoms with Gasteiger partial charge in [0.2, 0.25) is 0 Å². The second-order valence-electron chi connectivity index (χ2n) is 5.98. The minimum atomic E-state index is -2.86. The lowest BCUT2D eigenvalue weighted by Gasteiger charge is -2.20. The average molecular weight is 342 g/mol. The molecule has 0 aliphatic carbocycles. The third kappa shape index (κ3) is 5.63. The smallest absolute Gasteiger partial charge is 0.387 e. The summed E-state index contributed by atoms with van der Waals surface area (Å²) in [5.74, 6) is 0.0745. The van der Waals surface area contributed by atoms with Gasteiger partial charge in [-0.2, -0.15) is 8.78 Å². The third-order valence-corrected chi connectivity index (χ3v) is 4.05. The molecular weight excluding hydrogens is 318 g/mol. The molecule has 24 heavy (non-hydrogen) atoms. The zero-order valence-electron chi connectivity index (χ0n) is 14.1. The van der Waals surface area contributed by atoms with Crippen LogP contribution in [0.5, 0.6) is 5.75 Å². The molecule has 1 saturated heterocycles. The van der Waals surface area contributed by atoms with E-state index in [0.29, 0.717) is 23.9 Å². The first-order valence-corrected chi connectivity index (χ1v) is 8.15. The Bertz CT molecular complexity index is 549. The van der Waals surface area contributed by atoms with Gasteiger partial charge in [-0.15, -0.1) is 0 Å². The second-order valence-corrected chi connectivity index (χ2v) is 5.98. The van der Waals surface area contributed by atoms with Crippen LogP contribution in [0.15, 0.2) is 18.2 Å². The Morgan fingerprint density at radius 1 is 1.50 bits per heavy atom. The van der Waals surface area contributed by atoms with Gasteiger partial charge >= 0.3 is 12.6 Å². The molecule has 0 aromatic heterocycles. The highest BCUT2D eigenvalue weighted by molar-refractivity contribution is 5.90. The molecule has 0 saturated carbocycles. The maximum absolute atomic E-state index is 12.2. The summed E-state index contributed by atoms with van der Waals surface area (Å²) in [7, 11) is 1.73. The van der Waals surface area contributed by atoms with E-state index < -0.39 is 6.61 Å². The van der Waals surface area contributed by atoms with Crippen molar-refractivity contribution in [3.8, 4) is 5.75 Å². The van der Waals surface area contributed by atoms with Crippen LogP contribution < -0.4 is 10.1 Å². The molecule has 2 amide bonds. The van der Waals surface area contributed by atoms with E-state index >= 15 is 0 Å². The van der Waals surface area contributed by atoms with Crippen LogP contribution in [-0.2, 0) is 4.74 Å². The number of amides is 2. The number of halogens is 2. The van der Waals surface area contributed by atoms with E-state index in [0.717, 1.165) is 32.3 Å². The van der Waals surface area contributed by atoms with Crippen molar-refractivity contribution >= 4 is 11.7 Å². The Hall–Kier alpha value is -1.89. The standard InChI is InChI=1S/C17H24F2N2O3/c1-12-11-14(24-16(18)19)7-8-15(12)20-17(22)21(2)9-3-5-13-6-4-10-23-13/h7-8,11,13,16H,3-6,9-10H2,1-2H3,(H,20,22). The molecular formula is C17H24F2N2O3. The average Bonchev–Trinajstić information content (AvgIpc) is 3.02. The quantitative estimate of drug-likeness (QED) is 0.814. The van der Waals surface area contributed by atoms with Crippen molar-refractivity contribution in [1.82, 2.24) is 4.90 Å². The van der Waals surface area contributed by atoms with Crippen LogP contribution in [0.4, 0.5) is 19.3 Å². The first-order valence-electron chi connectivity index (χ1n) is 8.15. The van der Waals surface area contributed by atoms with E-state index in [1.807, 2.05) is 0 Å². The van der Waals surface area contributed by atoms with Gasteiger partial charge in [-0.1, -0.05) is 0 Å². The molecule has 0 bridgehead atoms. The van der Waals surface area contributed by atoms with Crippen molar-refractivity contribution in [3.05, 3.63) is 23.8 Å². The summed E-state index contributed by atoms with van der Waals surface area (Å²) in [4.78, 5) is 13.8. The van der Waals surface area contributed by atoms with Crippen molar-refractivity contribution < 1.29 is 23.0 Å². The number of benzene rings is 1. The third-order valence-electron chi connectivity index (χ3n) is 4.05. The predicted molar refractivity (Wildman–Crippen MR) is 87.7 cm³/mol. The topological polar surface area (TPSA) is 50.8 Å². The van der Waals surface area contributed by atoms with Crippen molar-refractivity contribution in [2.75, 3.05) is 25.5 Å². The molecule has 1 aromatic carbocycles. The fraction of sp³-hybridized carbons (Fsp3) is 0.588. The number of carbonyl (C=O) groups is 1. The number of nitrogens with zero attached hydrogens (tertiary/aromatic N) is 1. The number of alkyl halides is 2. The fourth-order valence-electron chi connectivity index (χ4n) is 2.69. The monoisotopic (exact) mass is 342 g/mol. The Morgan fingerprint density at radius 3 is 2.92 bits per heavy atom. The molecule has 5 nitrogen and oxygen atoms in total. The summed E-state index contributed by atoms with van der Waals surface area (Å²) in [6, 6.07) is 4.21. The summed E-state index contributed by atoms with van der Waals surface area (Å²) in [5, 5.41) is 2.78. The maximum Gasteiger partial charge on any atom is 0.387 e. The van der Waals surface area contributed by atoms with E-state index in [4.69, 9.17) is 4.74 Å². The lowest BCUT2D eigenvalue weighted by Crippen LogP contribution is -2.32. The van der Waals surface area contributed by atoms with Crippen LogP contribution in [-0.4, -0.2) is 43.8 Å². The number of hydrogen-bond acceptors (Lipinski definition) is 3. The summed E-state index contributed by atoms with van der Waals surface area (Å²) in [5.41, 5.74) is 1.24. The van der Waals surface area contributed by atoms with E-state index in [2.05, 4.69) is 10.1 Å². The van der Waals surface area contributed by atoms with Gasteiger partial charge in [0.1, 0.15) is 5.75 Å². The number of aryl methyl sites for hydroxylation is 1. The van der Waals surface area contributed by atoms with Gasteiger partial charge in [0.05, 0.1) is 6.10 Å². The van der Waals surface area contributed by atoms with Crippen molar-refractivity contribution in [2.45, 2.75) is 45.3 Å². The number of carbonyl (C=O) groups excluding carboxylic acids is 1. The first-order chi connectivity index (χ1) is 11.5. The van der Waals surface area contributed by atoms with Gasteiger partial charge in [0.15, 0.2) is 0 Å². The summed E-state index contributed by atoms with van der Waals surface area (Å²) >= 11 is 0. The number of urea groups is 1. The number of anilines is 1. The largest absolute Gasteiger partial charge is 0.435 e. The van der Waals surface area contributed by atoms with E-state index in [9.17, 15) is 13.6 Å². The van der Waals surface area contributed by atoms with Gasteiger partial charge in [-0.3, -0.25) is 0 Å². The van der Waals surface area contributed by atoms with Crippen LogP contribution in [0.2, 0.25) is 0 Å². The van der Waals surface area contributed by atoms with Gasteiger partial charge in [-0.05, 0) is 56.4 Å². The van der Waals surface area contributed by atoms with Crippen molar-refractivity contribution in [2.24, 2.45) is 0 Å². The number of hydrogen-bond donors (Lipinski definition) is 1. The van der Waals surface area contributed by atoms with E-state index in [1.54, 1.807) is 24.9 Å². The minimum Gasteiger partial charge on any atom is -0.435 e. The first kappa shape index (κ1) is 18.4.